The topological polar surface area (TPSA) is 73.6 Å². The van der Waals surface area contributed by atoms with Crippen LogP contribution in [0, 0.1) is 11.3 Å². The number of carboxylic acid groups (broad SMARTS) is 1. The lowest BCUT2D eigenvalue weighted by molar-refractivity contribution is 0.0691. The molecule has 102 valence electrons. The Hall–Kier alpha value is -2.06. The first-order valence-corrected chi connectivity index (χ1v) is 6.23. The number of benzene rings is 1. The molecule has 0 aliphatic carbocycles. The van der Waals surface area contributed by atoms with Crippen molar-refractivity contribution in [1.82, 2.24) is 4.90 Å². The van der Waals surface area contributed by atoms with Crippen LogP contribution in [0.5, 0.6) is 5.75 Å². The molecule has 0 fully saturated rings. The van der Waals surface area contributed by atoms with Gasteiger partial charge in [0.05, 0.1) is 6.07 Å². The summed E-state index contributed by atoms with van der Waals surface area (Å²) in [6.45, 7) is 4.64. The van der Waals surface area contributed by atoms with E-state index in [9.17, 15) is 4.79 Å². The van der Waals surface area contributed by atoms with Gasteiger partial charge in [-0.3, -0.25) is 4.90 Å². The van der Waals surface area contributed by atoms with Crippen molar-refractivity contribution in [2.75, 3.05) is 26.2 Å². The largest absolute Gasteiger partial charge is 0.491 e. The van der Waals surface area contributed by atoms with E-state index in [0.29, 0.717) is 31.9 Å². The Morgan fingerprint density at radius 3 is 2.79 bits per heavy atom. The third kappa shape index (κ3) is 4.98. The van der Waals surface area contributed by atoms with Crippen LogP contribution in [0.25, 0.3) is 0 Å². The zero-order valence-corrected chi connectivity index (χ0v) is 11.0. The van der Waals surface area contributed by atoms with Crippen LogP contribution < -0.4 is 4.74 Å². The minimum absolute atomic E-state index is 0.169. The van der Waals surface area contributed by atoms with Gasteiger partial charge < -0.3 is 9.84 Å². The second-order valence-electron chi connectivity index (χ2n) is 3.99. The molecule has 0 saturated heterocycles. The lowest BCUT2D eigenvalue weighted by Crippen LogP contribution is -2.29. The van der Waals surface area contributed by atoms with Crippen molar-refractivity contribution in [3.05, 3.63) is 29.8 Å². The van der Waals surface area contributed by atoms with Gasteiger partial charge in [-0.2, -0.15) is 5.26 Å². The molecule has 0 amide bonds. The number of carbonyl (C=O) groups is 1. The molecule has 0 radical (unpaired) electrons. The van der Waals surface area contributed by atoms with Crippen molar-refractivity contribution in [2.45, 2.75) is 13.3 Å². The third-order valence-corrected chi connectivity index (χ3v) is 2.77. The first-order chi connectivity index (χ1) is 9.19. The van der Waals surface area contributed by atoms with E-state index in [2.05, 4.69) is 11.0 Å². The van der Waals surface area contributed by atoms with Gasteiger partial charge in [-0.1, -0.05) is 19.1 Å². The van der Waals surface area contributed by atoms with E-state index in [1.807, 2.05) is 6.92 Å². The molecule has 1 aromatic rings. The Labute approximate surface area is 113 Å². The van der Waals surface area contributed by atoms with E-state index < -0.39 is 5.97 Å². The Morgan fingerprint density at radius 2 is 2.16 bits per heavy atom. The maximum atomic E-state index is 11.0. The Balaban J connectivity index is 2.49. The summed E-state index contributed by atoms with van der Waals surface area (Å²) >= 11 is 0. The SMILES string of the molecule is CCN(CCC#N)CCOc1ccccc1C(=O)O. The summed E-state index contributed by atoms with van der Waals surface area (Å²) in [6, 6.07) is 8.68. The Bertz CT molecular complexity index is 454. The number of nitrogens with zero attached hydrogens (tertiary/aromatic N) is 2. The zero-order valence-electron chi connectivity index (χ0n) is 11.0. The number of rotatable bonds is 8. The first-order valence-electron chi connectivity index (χ1n) is 6.23. The third-order valence-electron chi connectivity index (χ3n) is 2.77. The maximum absolute atomic E-state index is 11.0. The molecule has 0 spiro atoms. The minimum atomic E-state index is -0.993. The lowest BCUT2D eigenvalue weighted by atomic mass is 10.2. The van der Waals surface area contributed by atoms with Crippen LogP contribution in [0.1, 0.15) is 23.7 Å². The normalized spacial score (nSPS) is 10.2. The summed E-state index contributed by atoms with van der Waals surface area (Å²) in [4.78, 5) is 13.1. The highest BCUT2D eigenvalue weighted by Gasteiger charge is 2.10. The zero-order chi connectivity index (χ0) is 14.1. The molecule has 0 saturated carbocycles. The molecule has 5 heteroatoms. The predicted octanol–water partition coefficient (Wildman–Crippen LogP) is 2.00. The van der Waals surface area contributed by atoms with Gasteiger partial charge in [-0.25, -0.2) is 4.79 Å². The summed E-state index contributed by atoms with van der Waals surface area (Å²) in [7, 11) is 0. The number of likely N-dealkylation sites (N-methyl/N-ethyl adjacent to an activating group) is 1. The van der Waals surface area contributed by atoms with Gasteiger partial charge in [0.15, 0.2) is 0 Å². The first kappa shape index (κ1) is 15.0. The standard InChI is InChI=1S/C14H18N2O3/c1-2-16(9-5-8-15)10-11-19-13-7-4-3-6-12(13)14(17)18/h3-4,6-7H,2,5,9-11H2,1H3,(H,17,18). The Morgan fingerprint density at radius 1 is 1.42 bits per heavy atom. The lowest BCUT2D eigenvalue weighted by Gasteiger charge is -2.19. The molecule has 0 atom stereocenters. The van der Waals surface area contributed by atoms with E-state index in [1.165, 1.54) is 6.07 Å². The molecule has 19 heavy (non-hydrogen) atoms. The fourth-order valence-electron chi connectivity index (χ4n) is 1.69. The number of para-hydroxylation sites is 1. The van der Waals surface area contributed by atoms with Crippen LogP contribution in [-0.4, -0.2) is 42.2 Å². The summed E-state index contributed by atoms with van der Waals surface area (Å²) in [5, 5.41) is 17.5. The van der Waals surface area contributed by atoms with Crippen molar-refractivity contribution < 1.29 is 14.6 Å². The second-order valence-corrected chi connectivity index (χ2v) is 3.99. The molecule has 0 bridgehead atoms. The molecule has 1 N–H and O–H groups in total. The molecular formula is C14H18N2O3. The molecule has 5 nitrogen and oxygen atoms in total. The van der Waals surface area contributed by atoms with E-state index in [0.717, 1.165) is 6.54 Å². The van der Waals surface area contributed by atoms with Gasteiger partial charge in [0.25, 0.3) is 0 Å². The summed E-state index contributed by atoms with van der Waals surface area (Å²) < 4.78 is 5.51. The number of nitriles is 1. The van der Waals surface area contributed by atoms with Crippen LogP contribution in [0.4, 0.5) is 0 Å². The van der Waals surface area contributed by atoms with Crippen molar-refractivity contribution >= 4 is 5.97 Å². The summed E-state index contributed by atoms with van der Waals surface area (Å²) in [5.41, 5.74) is 0.169. The molecule has 1 rings (SSSR count). The summed E-state index contributed by atoms with van der Waals surface area (Å²) in [6.07, 6.45) is 0.486. The number of hydrogen-bond acceptors (Lipinski definition) is 4. The number of ether oxygens (including phenoxy) is 1. The highest BCUT2D eigenvalue weighted by molar-refractivity contribution is 5.90. The number of hydrogen-bond donors (Lipinski definition) is 1. The van der Waals surface area contributed by atoms with Gasteiger partial charge in [0.2, 0.25) is 0 Å². The predicted molar refractivity (Wildman–Crippen MR) is 71.2 cm³/mol. The van der Waals surface area contributed by atoms with Gasteiger partial charge in [-0.15, -0.1) is 0 Å². The van der Waals surface area contributed by atoms with E-state index in [4.69, 9.17) is 15.1 Å². The number of carboxylic acids is 1. The molecule has 0 aliphatic heterocycles. The molecule has 0 aromatic heterocycles. The van der Waals surface area contributed by atoms with Crippen LogP contribution in [-0.2, 0) is 0 Å². The average molecular weight is 262 g/mol. The fraction of sp³-hybridized carbons (Fsp3) is 0.429. The van der Waals surface area contributed by atoms with Gasteiger partial charge in [-0.05, 0) is 18.7 Å². The van der Waals surface area contributed by atoms with Crippen molar-refractivity contribution in [3.63, 3.8) is 0 Å². The summed E-state index contributed by atoms with van der Waals surface area (Å²) in [5.74, 6) is -0.612. The maximum Gasteiger partial charge on any atom is 0.339 e. The van der Waals surface area contributed by atoms with Crippen molar-refractivity contribution in [2.24, 2.45) is 0 Å². The molecular weight excluding hydrogens is 244 g/mol. The van der Waals surface area contributed by atoms with Gasteiger partial charge in [0.1, 0.15) is 17.9 Å². The van der Waals surface area contributed by atoms with Crippen LogP contribution in [0.15, 0.2) is 24.3 Å². The Kier molecular flexibility index (Phi) is 6.41. The van der Waals surface area contributed by atoms with E-state index in [-0.39, 0.29) is 5.56 Å². The van der Waals surface area contributed by atoms with Gasteiger partial charge >= 0.3 is 5.97 Å². The highest BCUT2D eigenvalue weighted by Crippen LogP contribution is 2.17. The van der Waals surface area contributed by atoms with Crippen molar-refractivity contribution in [1.29, 1.82) is 5.26 Å². The second kappa shape index (κ2) is 8.11. The van der Waals surface area contributed by atoms with Gasteiger partial charge in [0, 0.05) is 19.5 Å². The minimum Gasteiger partial charge on any atom is -0.491 e. The molecule has 0 aliphatic rings. The van der Waals surface area contributed by atoms with Crippen LogP contribution in [0.2, 0.25) is 0 Å². The quantitative estimate of drug-likeness (QED) is 0.775. The monoisotopic (exact) mass is 262 g/mol. The molecule has 0 heterocycles. The fourth-order valence-corrected chi connectivity index (χ4v) is 1.69. The average Bonchev–Trinajstić information content (AvgIpc) is 2.43. The molecule has 1 aromatic carbocycles. The highest BCUT2D eigenvalue weighted by atomic mass is 16.5. The van der Waals surface area contributed by atoms with Crippen molar-refractivity contribution in [3.8, 4) is 11.8 Å². The van der Waals surface area contributed by atoms with Crippen LogP contribution >= 0.6 is 0 Å². The number of aromatic carboxylic acids is 1. The smallest absolute Gasteiger partial charge is 0.339 e. The molecule has 0 unspecified atom stereocenters. The van der Waals surface area contributed by atoms with Crippen LogP contribution in [0.3, 0.4) is 0 Å². The van der Waals surface area contributed by atoms with E-state index >= 15 is 0 Å². The van der Waals surface area contributed by atoms with E-state index in [1.54, 1.807) is 18.2 Å².